The van der Waals surface area contributed by atoms with Crippen LogP contribution in [0.25, 0.3) is 0 Å². The number of carbonyl (C=O) groups is 1. The summed E-state index contributed by atoms with van der Waals surface area (Å²) in [5.74, 6) is 0.652. The van der Waals surface area contributed by atoms with Crippen LogP contribution < -0.4 is 15.5 Å². The second kappa shape index (κ2) is 11.8. The number of halogens is 1. The SMILES string of the molecule is C=C(C)CNC(=NCC(=O)N(C)C)NC1CCCN(c2ccccc2)C1.I. The van der Waals surface area contributed by atoms with Gasteiger partial charge in [0.2, 0.25) is 5.91 Å². The summed E-state index contributed by atoms with van der Waals surface area (Å²) in [5.41, 5.74) is 2.27. The lowest BCUT2D eigenvalue weighted by Crippen LogP contribution is -2.51. The molecule has 1 heterocycles. The Kier molecular flexibility index (Phi) is 10.2. The van der Waals surface area contributed by atoms with E-state index in [9.17, 15) is 4.79 Å². The molecule has 1 aromatic carbocycles. The first-order valence-corrected chi connectivity index (χ1v) is 9.15. The number of nitrogens with zero attached hydrogens (tertiary/aromatic N) is 3. The van der Waals surface area contributed by atoms with Crippen LogP contribution in [-0.2, 0) is 4.79 Å². The minimum absolute atomic E-state index is 0. The zero-order valence-corrected chi connectivity index (χ0v) is 18.9. The monoisotopic (exact) mass is 485 g/mol. The van der Waals surface area contributed by atoms with E-state index >= 15 is 0 Å². The van der Waals surface area contributed by atoms with E-state index in [1.807, 2.05) is 13.0 Å². The van der Waals surface area contributed by atoms with Gasteiger partial charge in [-0.15, -0.1) is 24.0 Å². The molecule has 0 bridgehead atoms. The highest BCUT2D eigenvalue weighted by Gasteiger charge is 2.21. The molecule has 2 N–H and O–H groups in total. The number of likely N-dealkylation sites (N-methyl/N-ethyl adjacent to an activating group) is 1. The Labute approximate surface area is 180 Å². The van der Waals surface area contributed by atoms with Crippen molar-refractivity contribution in [1.29, 1.82) is 0 Å². The minimum atomic E-state index is -0.0176. The van der Waals surface area contributed by atoms with Gasteiger partial charge in [0.15, 0.2) is 5.96 Å². The van der Waals surface area contributed by atoms with E-state index in [1.165, 1.54) is 5.69 Å². The molecular weight excluding hydrogens is 453 g/mol. The molecule has 1 saturated heterocycles. The molecule has 7 heteroatoms. The highest BCUT2D eigenvalue weighted by atomic mass is 127. The molecule has 0 aliphatic carbocycles. The Morgan fingerprint density at radius 1 is 1.33 bits per heavy atom. The predicted octanol–water partition coefficient (Wildman–Crippen LogP) is 2.47. The van der Waals surface area contributed by atoms with Crippen molar-refractivity contribution in [2.75, 3.05) is 45.2 Å². The van der Waals surface area contributed by atoms with Gasteiger partial charge in [-0.3, -0.25) is 4.79 Å². The smallest absolute Gasteiger partial charge is 0.243 e. The van der Waals surface area contributed by atoms with Crippen molar-refractivity contribution < 1.29 is 4.79 Å². The molecule has 1 fully saturated rings. The molecular formula is C20H32IN5O. The van der Waals surface area contributed by atoms with Gasteiger partial charge < -0.3 is 20.4 Å². The topological polar surface area (TPSA) is 60.0 Å². The summed E-state index contributed by atoms with van der Waals surface area (Å²) in [7, 11) is 3.48. The Hall–Kier alpha value is -1.77. The third kappa shape index (κ3) is 8.19. The van der Waals surface area contributed by atoms with Crippen LogP contribution >= 0.6 is 24.0 Å². The van der Waals surface area contributed by atoms with Gasteiger partial charge >= 0.3 is 0 Å². The largest absolute Gasteiger partial charge is 0.369 e. The van der Waals surface area contributed by atoms with E-state index in [-0.39, 0.29) is 42.5 Å². The van der Waals surface area contributed by atoms with Crippen LogP contribution in [0.5, 0.6) is 0 Å². The van der Waals surface area contributed by atoms with Gasteiger partial charge in [0.25, 0.3) is 0 Å². The quantitative estimate of drug-likeness (QED) is 0.282. The first-order chi connectivity index (χ1) is 12.5. The van der Waals surface area contributed by atoms with Gasteiger partial charge in [-0.1, -0.05) is 30.4 Å². The number of guanidine groups is 1. The van der Waals surface area contributed by atoms with Crippen LogP contribution in [0.15, 0.2) is 47.5 Å². The first-order valence-electron chi connectivity index (χ1n) is 9.15. The molecule has 1 atom stereocenters. The van der Waals surface area contributed by atoms with Crippen molar-refractivity contribution in [3.8, 4) is 0 Å². The Morgan fingerprint density at radius 3 is 2.67 bits per heavy atom. The van der Waals surface area contributed by atoms with Crippen molar-refractivity contribution in [2.45, 2.75) is 25.8 Å². The van der Waals surface area contributed by atoms with Gasteiger partial charge in [0, 0.05) is 45.5 Å². The van der Waals surface area contributed by atoms with Crippen LogP contribution in [0.4, 0.5) is 5.69 Å². The third-order valence-electron chi connectivity index (χ3n) is 4.31. The van der Waals surface area contributed by atoms with E-state index in [0.29, 0.717) is 12.5 Å². The lowest BCUT2D eigenvalue weighted by Gasteiger charge is -2.35. The average Bonchev–Trinajstić information content (AvgIpc) is 2.64. The fourth-order valence-electron chi connectivity index (χ4n) is 2.84. The number of nitrogens with one attached hydrogen (secondary N) is 2. The van der Waals surface area contributed by atoms with Crippen LogP contribution in [0.3, 0.4) is 0 Å². The van der Waals surface area contributed by atoms with Gasteiger partial charge in [-0.2, -0.15) is 0 Å². The number of piperidine rings is 1. The van der Waals surface area contributed by atoms with E-state index < -0.39 is 0 Å². The number of rotatable bonds is 6. The van der Waals surface area contributed by atoms with Gasteiger partial charge in [0.1, 0.15) is 6.54 Å². The highest BCUT2D eigenvalue weighted by Crippen LogP contribution is 2.19. The Balaban J connectivity index is 0.00000364. The summed E-state index contributed by atoms with van der Waals surface area (Å²) < 4.78 is 0. The molecule has 0 radical (unpaired) electrons. The molecule has 0 aromatic heterocycles. The van der Waals surface area contributed by atoms with Crippen LogP contribution in [0, 0.1) is 0 Å². The second-order valence-electron chi connectivity index (χ2n) is 7.03. The molecule has 150 valence electrons. The summed E-state index contributed by atoms with van der Waals surface area (Å²) >= 11 is 0. The summed E-state index contributed by atoms with van der Waals surface area (Å²) in [5, 5.41) is 6.76. The standard InChI is InChI=1S/C20H31N5O.HI/c1-16(2)13-21-20(22-14-19(26)24(3)4)23-17-9-8-12-25(15-17)18-10-6-5-7-11-18;/h5-7,10-11,17H,1,8-9,12-15H2,2-4H3,(H2,21,22,23);1H. The van der Waals surface area contributed by atoms with Crippen molar-refractivity contribution in [3.63, 3.8) is 0 Å². The van der Waals surface area contributed by atoms with E-state index in [2.05, 4.69) is 51.4 Å². The van der Waals surface area contributed by atoms with Gasteiger partial charge in [-0.05, 0) is 31.9 Å². The number of carbonyl (C=O) groups excluding carboxylic acids is 1. The maximum atomic E-state index is 11.9. The number of hydrogen-bond acceptors (Lipinski definition) is 3. The molecule has 1 aliphatic rings. The van der Waals surface area contributed by atoms with Gasteiger partial charge in [0.05, 0.1) is 0 Å². The van der Waals surface area contributed by atoms with Crippen molar-refractivity contribution >= 4 is 41.5 Å². The fourth-order valence-corrected chi connectivity index (χ4v) is 2.84. The molecule has 0 saturated carbocycles. The molecule has 1 aliphatic heterocycles. The fraction of sp³-hybridized carbons (Fsp3) is 0.500. The maximum Gasteiger partial charge on any atom is 0.243 e. The highest BCUT2D eigenvalue weighted by molar-refractivity contribution is 14.0. The summed E-state index contributed by atoms with van der Waals surface area (Å²) in [4.78, 5) is 20.2. The molecule has 6 nitrogen and oxygen atoms in total. The van der Waals surface area contributed by atoms with Gasteiger partial charge in [-0.25, -0.2) is 4.99 Å². The summed E-state index contributed by atoms with van der Waals surface area (Å²) in [6, 6.07) is 10.8. The van der Waals surface area contributed by atoms with Crippen LogP contribution in [0.1, 0.15) is 19.8 Å². The molecule has 1 amide bonds. The number of benzene rings is 1. The van der Waals surface area contributed by atoms with Crippen molar-refractivity contribution in [3.05, 3.63) is 42.5 Å². The van der Waals surface area contributed by atoms with E-state index in [1.54, 1.807) is 19.0 Å². The number of aliphatic imine (C=N–C) groups is 1. The van der Waals surface area contributed by atoms with Crippen LogP contribution in [0.2, 0.25) is 0 Å². The molecule has 0 spiro atoms. The summed E-state index contributed by atoms with van der Waals surface area (Å²) in [6.07, 6.45) is 2.20. The minimum Gasteiger partial charge on any atom is -0.369 e. The second-order valence-corrected chi connectivity index (χ2v) is 7.03. The van der Waals surface area contributed by atoms with Crippen LogP contribution in [-0.4, -0.2) is 63.1 Å². The van der Waals surface area contributed by atoms with Crippen molar-refractivity contribution in [2.24, 2.45) is 4.99 Å². The Morgan fingerprint density at radius 2 is 2.04 bits per heavy atom. The Bertz CT molecular complexity index is 633. The average molecular weight is 485 g/mol. The lowest BCUT2D eigenvalue weighted by molar-refractivity contribution is -0.127. The molecule has 1 unspecified atom stereocenters. The lowest BCUT2D eigenvalue weighted by atomic mass is 10.1. The van der Waals surface area contributed by atoms with E-state index in [0.717, 1.165) is 31.5 Å². The zero-order chi connectivity index (χ0) is 18.9. The zero-order valence-electron chi connectivity index (χ0n) is 16.6. The van der Waals surface area contributed by atoms with Crippen molar-refractivity contribution in [1.82, 2.24) is 15.5 Å². The summed E-state index contributed by atoms with van der Waals surface area (Å²) in [6.45, 7) is 8.63. The molecule has 1 aromatic rings. The molecule has 2 rings (SSSR count). The first kappa shape index (κ1) is 23.3. The molecule has 27 heavy (non-hydrogen) atoms. The predicted molar refractivity (Wildman–Crippen MR) is 124 cm³/mol. The normalized spacial score (nSPS) is 16.9. The number of para-hydroxylation sites is 1. The third-order valence-corrected chi connectivity index (χ3v) is 4.31. The maximum absolute atomic E-state index is 11.9. The van der Waals surface area contributed by atoms with E-state index in [4.69, 9.17) is 0 Å². The number of anilines is 1. The number of amides is 1. The number of hydrogen-bond donors (Lipinski definition) is 2.